The van der Waals surface area contributed by atoms with Gasteiger partial charge in [0, 0.05) is 24.5 Å². The monoisotopic (exact) mass is 266 g/mol. The number of hydrogen-bond acceptors (Lipinski definition) is 3. The molecule has 0 aromatic carbocycles. The molecule has 2 heterocycles. The maximum Gasteiger partial charge on any atom is 0.0882 e. The molecule has 2 atom stereocenters. The first-order valence-electron chi connectivity index (χ1n) is 8.28. The third-order valence-electron chi connectivity index (χ3n) is 6.49. The highest BCUT2D eigenvalue weighted by Gasteiger charge is 2.58. The van der Waals surface area contributed by atoms with Gasteiger partial charge in [-0.3, -0.25) is 4.90 Å². The highest BCUT2D eigenvalue weighted by atomic mass is 16.3. The van der Waals surface area contributed by atoms with Gasteiger partial charge >= 0.3 is 0 Å². The van der Waals surface area contributed by atoms with Gasteiger partial charge in [0.1, 0.15) is 0 Å². The van der Waals surface area contributed by atoms with E-state index in [0.717, 1.165) is 31.7 Å². The second kappa shape index (κ2) is 5.01. The average Bonchev–Trinajstić information content (AvgIpc) is 2.80. The molecule has 0 bridgehead atoms. The third kappa shape index (κ3) is 2.05. The lowest BCUT2D eigenvalue weighted by atomic mass is 9.58. The molecule has 0 radical (unpaired) electrons. The molecule has 2 aliphatic heterocycles. The first-order chi connectivity index (χ1) is 9.11. The smallest absolute Gasteiger partial charge is 0.0882 e. The molecular weight excluding hydrogens is 236 g/mol. The molecular formula is C16H30N2O. The molecule has 1 aliphatic carbocycles. The largest absolute Gasteiger partial charge is 0.388 e. The summed E-state index contributed by atoms with van der Waals surface area (Å²) in [4.78, 5) is 2.54. The van der Waals surface area contributed by atoms with Crippen molar-refractivity contribution in [3.8, 4) is 0 Å². The van der Waals surface area contributed by atoms with Gasteiger partial charge in [0.25, 0.3) is 0 Å². The minimum atomic E-state index is -0.512. The van der Waals surface area contributed by atoms with Crippen molar-refractivity contribution in [3.05, 3.63) is 0 Å². The number of hydrogen-bond donors (Lipinski definition) is 2. The molecule has 2 saturated heterocycles. The fourth-order valence-corrected chi connectivity index (χ4v) is 5.03. The Labute approximate surface area is 117 Å². The fourth-order valence-electron chi connectivity index (χ4n) is 5.03. The molecule has 1 saturated carbocycles. The summed E-state index contributed by atoms with van der Waals surface area (Å²) in [6.07, 6.45) is 9.45. The van der Waals surface area contributed by atoms with Crippen LogP contribution in [0, 0.1) is 11.3 Å². The van der Waals surface area contributed by atoms with Crippen molar-refractivity contribution in [3.63, 3.8) is 0 Å². The van der Waals surface area contributed by atoms with Crippen LogP contribution in [0.25, 0.3) is 0 Å². The van der Waals surface area contributed by atoms with Gasteiger partial charge in [-0.2, -0.15) is 0 Å². The minimum absolute atomic E-state index is 0.00370. The molecule has 0 aromatic rings. The van der Waals surface area contributed by atoms with Crippen LogP contribution in [0.1, 0.15) is 58.3 Å². The second-order valence-electron chi connectivity index (χ2n) is 7.39. The Morgan fingerprint density at radius 1 is 1.11 bits per heavy atom. The summed E-state index contributed by atoms with van der Waals surface area (Å²) < 4.78 is 0. The third-order valence-corrected chi connectivity index (χ3v) is 6.49. The summed E-state index contributed by atoms with van der Waals surface area (Å²) in [7, 11) is 0. The van der Waals surface area contributed by atoms with E-state index in [-0.39, 0.29) is 5.41 Å². The van der Waals surface area contributed by atoms with E-state index >= 15 is 0 Å². The quantitative estimate of drug-likeness (QED) is 0.805. The summed E-state index contributed by atoms with van der Waals surface area (Å²) in [5.41, 5.74) is 5.68. The normalized spacial score (nSPS) is 48.2. The first kappa shape index (κ1) is 13.8. The van der Waals surface area contributed by atoms with Crippen molar-refractivity contribution >= 4 is 0 Å². The zero-order valence-corrected chi connectivity index (χ0v) is 12.4. The zero-order chi connectivity index (χ0) is 13.5. The van der Waals surface area contributed by atoms with E-state index in [1.54, 1.807) is 0 Å². The molecule has 3 nitrogen and oxygen atoms in total. The molecule has 19 heavy (non-hydrogen) atoms. The van der Waals surface area contributed by atoms with Crippen molar-refractivity contribution in [1.29, 1.82) is 0 Å². The molecule has 110 valence electrons. The van der Waals surface area contributed by atoms with Crippen LogP contribution in [-0.4, -0.2) is 41.3 Å². The Morgan fingerprint density at radius 2 is 1.84 bits per heavy atom. The topological polar surface area (TPSA) is 49.5 Å². The van der Waals surface area contributed by atoms with E-state index < -0.39 is 5.60 Å². The number of aliphatic hydroxyl groups is 1. The van der Waals surface area contributed by atoms with Crippen LogP contribution < -0.4 is 5.73 Å². The zero-order valence-electron chi connectivity index (χ0n) is 12.4. The molecule has 3 rings (SSSR count). The van der Waals surface area contributed by atoms with Gasteiger partial charge in [0.2, 0.25) is 0 Å². The minimum Gasteiger partial charge on any atom is -0.388 e. The molecule has 3 aliphatic rings. The summed E-state index contributed by atoms with van der Waals surface area (Å²) in [6.45, 7) is 5.27. The number of rotatable bonds is 2. The van der Waals surface area contributed by atoms with Gasteiger partial charge in [-0.05, 0) is 44.6 Å². The molecule has 0 amide bonds. The number of piperidine rings is 1. The lowest BCUT2D eigenvalue weighted by Gasteiger charge is -2.52. The molecule has 0 aromatic heterocycles. The van der Waals surface area contributed by atoms with Gasteiger partial charge in [0.15, 0.2) is 0 Å². The fraction of sp³-hybridized carbons (Fsp3) is 1.00. The van der Waals surface area contributed by atoms with Crippen LogP contribution in [0.3, 0.4) is 0 Å². The highest BCUT2D eigenvalue weighted by Crippen LogP contribution is 2.53. The Balaban J connectivity index is 1.85. The van der Waals surface area contributed by atoms with Gasteiger partial charge in [0.05, 0.1) is 5.60 Å². The SMILES string of the molecule is CC1CCC(CN)(C2(O)CCN3CCCCC32)CC1. The van der Waals surface area contributed by atoms with E-state index in [9.17, 15) is 5.11 Å². The van der Waals surface area contributed by atoms with Gasteiger partial charge in [-0.15, -0.1) is 0 Å². The molecule has 3 heteroatoms. The Bertz CT molecular complexity index is 325. The molecule has 0 spiro atoms. The highest BCUT2D eigenvalue weighted by molar-refractivity contribution is 5.12. The van der Waals surface area contributed by atoms with Crippen LogP contribution in [0.4, 0.5) is 0 Å². The summed E-state index contributed by atoms with van der Waals surface area (Å²) in [5.74, 6) is 0.812. The molecule has 3 fully saturated rings. The van der Waals surface area contributed by atoms with Gasteiger partial charge < -0.3 is 10.8 Å². The maximum absolute atomic E-state index is 11.5. The summed E-state index contributed by atoms with van der Waals surface area (Å²) in [5, 5.41) is 11.5. The van der Waals surface area contributed by atoms with E-state index in [0.29, 0.717) is 12.6 Å². The van der Waals surface area contributed by atoms with Gasteiger partial charge in [-0.25, -0.2) is 0 Å². The lowest BCUT2D eigenvalue weighted by Crippen LogP contribution is -2.61. The Hall–Kier alpha value is -0.120. The number of nitrogens with zero attached hydrogens (tertiary/aromatic N) is 1. The van der Waals surface area contributed by atoms with Crippen molar-refractivity contribution < 1.29 is 5.11 Å². The average molecular weight is 266 g/mol. The van der Waals surface area contributed by atoms with Crippen molar-refractivity contribution in [2.75, 3.05) is 19.6 Å². The van der Waals surface area contributed by atoms with Crippen LogP contribution >= 0.6 is 0 Å². The number of nitrogens with two attached hydrogens (primary N) is 1. The Kier molecular flexibility index (Phi) is 3.65. The maximum atomic E-state index is 11.5. The predicted molar refractivity (Wildman–Crippen MR) is 77.9 cm³/mol. The number of fused-ring (bicyclic) bond motifs is 1. The summed E-state index contributed by atoms with van der Waals surface area (Å²) in [6, 6.07) is 0.387. The van der Waals surface area contributed by atoms with E-state index in [4.69, 9.17) is 5.73 Å². The summed E-state index contributed by atoms with van der Waals surface area (Å²) >= 11 is 0. The van der Waals surface area contributed by atoms with Crippen molar-refractivity contribution in [2.45, 2.75) is 69.9 Å². The molecule has 2 unspecified atom stereocenters. The second-order valence-corrected chi connectivity index (χ2v) is 7.39. The first-order valence-corrected chi connectivity index (χ1v) is 8.28. The van der Waals surface area contributed by atoms with Crippen LogP contribution in [0.2, 0.25) is 0 Å². The standard InChI is InChI=1S/C16H30N2O/c1-13-5-7-15(12-17,8-6-13)16(19)9-11-18-10-3-2-4-14(16)18/h13-14,19H,2-12,17H2,1H3. The van der Waals surface area contributed by atoms with Crippen LogP contribution in [0.15, 0.2) is 0 Å². The van der Waals surface area contributed by atoms with E-state index in [1.807, 2.05) is 0 Å². The van der Waals surface area contributed by atoms with Crippen LogP contribution in [0.5, 0.6) is 0 Å². The van der Waals surface area contributed by atoms with Crippen molar-refractivity contribution in [2.24, 2.45) is 17.1 Å². The van der Waals surface area contributed by atoms with Gasteiger partial charge in [-0.1, -0.05) is 26.2 Å². The van der Waals surface area contributed by atoms with Crippen molar-refractivity contribution in [1.82, 2.24) is 4.90 Å². The predicted octanol–water partition coefficient (Wildman–Crippen LogP) is 2.13. The van der Waals surface area contributed by atoms with E-state index in [1.165, 1.54) is 38.6 Å². The van der Waals surface area contributed by atoms with Crippen LogP contribution in [-0.2, 0) is 0 Å². The Morgan fingerprint density at radius 3 is 2.53 bits per heavy atom. The molecule has 3 N–H and O–H groups in total. The van der Waals surface area contributed by atoms with E-state index in [2.05, 4.69) is 11.8 Å². The lowest BCUT2D eigenvalue weighted by molar-refractivity contribution is -0.128.